The van der Waals surface area contributed by atoms with Crippen LogP contribution in [0.15, 0.2) is 30.9 Å². The SMILES string of the molecule is C=CCN1C(=O)[C@]2(O[C@H](CCO)C[C@@H]2C)c2cc(NC(C)=O)ccc21. The van der Waals surface area contributed by atoms with Crippen LogP contribution in [0.25, 0.3) is 0 Å². The molecule has 2 N–H and O–H groups in total. The third kappa shape index (κ3) is 2.75. The van der Waals surface area contributed by atoms with Crippen LogP contribution in [0.4, 0.5) is 11.4 Å². The second-order valence-electron chi connectivity index (χ2n) is 6.74. The number of aliphatic hydroxyl groups excluding tert-OH is 1. The lowest BCUT2D eigenvalue weighted by molar-refractivity contribution is -0.146. The van der Waals surface area contributed by atoms with Gasteiger partial charge in [-0.05, 0) is 31.0 Å². The first kappa shape index (κ1) is 17.6. The van der Waals surface area contributed by atoms with Crippen LogP contribution in [-0.4, -0.2) is 36.2 Å². The Bertz CT molecular complexity index is 717. The summed E-state index contributed by atoms with van der Waals surface area (Å²) in [5.41, 5.74) is 1.14. The predicted molar refractivity (Wildman–Crippen MR) is 95.3 cm³/mol. The van der Waals surface area contributed by atoms with Crippen molar-refractivity contribution in [2.24, 2.45) is 5.92 Å². The lowest BCUT2D eigenvalue weighted by Crippen LogP contribution is -2.44. The summed E-state index contributed by atoms with van der Waals surface area (Å²) in [7, 11) is 0. The molecule has 6 heteroatoms. The molecular formula is C19H24N2O4. The molecule has 0 aromatic heterocycles. The molecule has 3 rings (SSSR count). The number of hydrogen-bond acceptors (Lipinski definition) is 4. The van der Waals surface area contributed by atoms with Gasteiger partial charge in [-0.1, -0.05) is 13.0 Å². The summed E-state index contributed by atoms with van der Waals surface area (Å²) in [5.74, 6) is -0.298. The molecule has 134 valence electrons. The molecule has 0 unspecified atom stereocenters. The zero-order valence-electron chi connectivity index (χ0n) is 14.6. The number of nitrogens with zero attached hydrogens (tertiary/aromatic N) is 1. The number of rotatable bonds is 5. The van der Waals surface area contributed by atoms with E-state index in [0.29, 0.717) is 25.1 Å². The van der Waals surface area contributed by atoms with Crippen molar-refractivity contribution in [2.75, 3.05) is 23.4 Å². The number of amides is 2. The third-order valence-corrected chi connectivity index (χ3v) is 5.00. The van der Waals surface area contributed by atoms with Crippen molar-refractivity contribution in [1.29, 1.82) is 0 Å². The van der Waals surface area contributed by atoms with E-state index in [4.69, 9.17) is 4.74 Å². The van der Waals surface area contributed by atoms with Gasteiger partial charge in [-0.3, -0.25) is 9.59 Å². The van der Waals surface area contributed by atoms with Crippen molar-refractivity contribution in [1.82, 2.24) is 0 Å². The number of fused-ring (bicyclic) bond motifs is 2. The lowest BCUT2D eigenvalue weighted by Gasteiger charge is -2.28. The average molecular weight is 344 g/mol. The number of anilines is 2. The number of carbonyl (C=O) groups excluding carboxylic acids is 2. The summed E-state index contributed by atoms with van der Waals surface area (Å²) in [6.07, 6.45) is 2.73. The Balaban J connectivity index is 2.09. The minimum Gasteiger partial charge on any atom is -0.396 e. The number of nitrogens with one attached hydrogen (secondary N) is 1. The molecule has 0 bridgehead atoms. The molecule has 0 saturated carbocycles. The smallest absolute Gasteiger partial charge is 0.264 e. The van der Waals surface area contributed by atoms with E-state index in [-0.39, 0.29) is 30.4 Å². The molecule has 2 amide bonds. The minimum absolute atomic E-state index is 0.0246. The highest BCUT2D eigenvalue weighted by molar-refractivity contribution is 6.08. The van der Waals surface area contributed by atoms with Gasteiger partial charge in [0.25, 0.3) is 5.91 Å². The van der Waals surface area contributed by atoms with E-state index in [2.05, 4.69) is 11.9 Å². The maximum absolute atomic E-state index is 13.3. The monoisotopic (exact) mass is 344 g/mol. The molecule has 2 heterocycles. The fourth-order valence-electron chi connectivity index (χ4n) is 3.98. The molecule has 0 aliphatic carbocycles. The van der Waals surface area contributed by atoms with Crippen molar-refractivity contribution in [3.63, 3.8) is 0 Å². The largest absolute Gasteiger partial charge is 0.396 e. The summed E-state index contributed by atoms with van der Waals surface area (Å²) in [6.45, 7) is 7.61. The maximum Gasteiger partial charge on any atom is 0.264 e. The van der Waals surface area contributed by atoms with Crippen molar-refractivity contribution < 1.29 is 19.4 Å². The zero-order chi connectivity index (χ0) is 18.2. The van der Waals surface area contributed by atoms with Gasteiger partial charge in [0.05, 0.1) is 11.8 Å². The number of hydrogen-bond donors (Lipinski definition) is 2. The Morgan fingerprint density at radius 3 is 2.96 bits per heavy atom. The van der Waals surface area contributed by atoms with Gasteiger partial charge in [-0.15, -0.1) is 6.58 Å². The first-order valence-electron chi connectivity index (χ1n) is 8.57. The van der Waals surface area contributed by atoms with Crippen molar-refractivity contribution in [3.05, 3.63) is 36.4 Å². The van der Waals surface area contributed by atoms with E-state index < -0.39 is 5.60 Å². The van der Waals surface area contributed by atoms with Crippen molar-refractivity contribution in [3.8, 4) is 0 Å². The summed E-state index contributed by atoms with van der Waals surface area (Å²) in [6, 6.07) is 5.45. The van der Waals surface area contributed by atoms with Gasteiger partial charge in [0.2, 0.25) is 5.91 Å². The lowest BCUT2D eigenvalue weighted by atomic mass is 9.83. The highest BCUT2D eigenvalue weighted by Crippen LogP contribution is 2.53. The predicted octanol–water partition coefficient (Wildman–Crippen LogP) is 2.18. The van der Waals surface area contributed by atoms with Crippen LogP contribution < -0.4 is 10.2 Å². The normalized spacial score (nSPS) is 27.6. The number of benzene rings is 1. The number of ether oxygens (including phenoxy) is 1. The molecule has 6 nitrogen and oxygen atoms in total. The Kier molecular flexibility index (Phi) is 4.67. The molecule has 2 aliphatic heterocycles. The summed E-state index contributed by atoms with van der Waals surface area (Å²) < 4.78 is 6.24. The van der Waals surface area contributed by atoms with E-state index >= 15 is 0 Å². The average Bonchev–Trinajstić information content (AvgIpc) is 2.99. The van der Waals surface area contributed by atoms with Crippen LogP contribution in [0.2, 0.25) is 0 Å². The standard InChI is InChI=1S/C19H24N2O4/c1-4-8-21-17-6-5-14(20-13(3)23)11-16(17)19(18(21)24)12(2)10-15(25-19)7-9-22/h4-6,11-12,15,22H,1,7-10H2,2-3H3,(H,20,23)/t12-,15+,19+/m0/s1. The Morgan fingerprint density at radius 2 is 2.32 bits per heavy atom. The van der Waals surface area contributed by atoms with Crippen LogP contribution in [0.5, 0.6) is 0 Å². The molecular weight excluding hydrogens is 320 g/mol. The fraction of sp³-hybridized carbons (Fsp3) is 0.474. The van der Waals surface area contributed by atoms with Crippen LogP contribution in [-0.2, 0) is 19.9 Å². The molecule has 1 saturated heterocycles. The first-order valence-corrected chi connectivity index (χ1v) is 8.57. The van der Waals surface area contributed by atoms with Gasteiger partial charge in [-0.25, -0.2) is 0 Å². The van der Waals surface area contributed by atoms with Gasteiger partial charge in [0, 0.05) is 37.2 Å². The second-order valence-corrected chi connectivity index (χ2v) is 6.74. The molecule has 1 aromatic rings. The molecule has 1 fully saturated rings. The Hall–Kier alpha value is -2.18. The number of aliphatic hydroxyl groups is 1. The van der Waals surface area contributed by atoms with E-state index in [0.717, 1.165) is 11.3 Å². The molecule has 1 aromatic carbocycles. The quantitative estimate of drug-likeness (QED) is 0.803. The van der Waals surface area contributed by atoms with Crippen LogP contribution in [0.3, 0.4) is 0 Å². The minimum atomic E-state index is -1.06. The first-order chi connectivity index (χ1) is 11.9. The van der Waals surface area contributed by atoms with Crippen LogP contribution in [0, 0.1) is 5.92 Å². The second kappa shape index (κ2) is 6.61. The molecule has 0 radical (unpaired) electrons. The van der Waals surface area contributed by atoms with Gasteiger partial charge >= 0.3 is 0 Å². The van der Waals surface area contributed by atoms with Gasteiger partial charge in [0.1, 0.15) is 0 Å². The topological polar surface area (TPSA) is 78.9 Å². The molecule has 25 heavy (non-hydrogen) atoms. The summed E-state index contributed by atoms with van der Waals surface area (Å²) >= 11 is 0. The maximum atomic E-state index is 13.3. The Labute approximate surface area is 147 Å². The van der Waals surface area contributed by atoms with E-state index in [1.165, 1.54) is 6.92 Å². The Morgan fingerprint density at radius 1 is 1.56 bits per heavy atom. The van der Waals surface area contributed by atoms with Crippen LogP contribution >= 0.6 is 0 Å². The third-order valence-electron chi connectivity index (χ3n) is 5.00. The van der Waals surface area contributed by atoms with Gasteiger partial charge in [-0.2, -0.15) is 0 Å². The fourth-order valence-corrected chi connectivity index (χ4v) is 3.98. The highest BCUT2D eigenvalue weighted by atomic mass is 16.5. The van der Waals surface area contributed by atoms with Gasteiger partial charge < -0.3 is 20.1 Å². The van der Waals surface area contributed by atoms with E-state index in [9.17, 15) is 14.7 Å². The molecule has 2 aliphatic rings. The molecule has 1 spiro atoms. The van der Waals surface area contributed by atoms with Crippen molar-refractivity contribution in [2.45, 2.75) is 38.4 Å². The highest BCUT2D eigenvalue weighted by Gasteiger charge is 2.59. The van der Waals surface area contributed by atoms with E-state index in [1.807, 2.05) is 19.1 Å². The van der Waals surface area contributed by atoms with E-state index in [1.54, 1.807) is 17.0 Å². The zero-order valence-corrected chi connectivity index (χ0v) is 14.6. The summed E-state index contributed by atoms with van der Waals surface area (Å²) in [4.78, 5) is 26.3. The molecule has 3 atom stereocenters. The van der Waals surface area contributed by atoms with Crippen LogP contribution in [0.1, 0.15) is 32.3 Å². The summed E-state index contributed by atoms with van der Waals surface area (Å²) in [5, 5.41) is 12.0. The number of carbonyl (C=O) groups is 2. The van der Waals surface area contributed by atoms with Crippen molar-refractivity contribution >= 4 is 23.2 Å². The van der Waals surface area contributed by atoms with Gasteiger partial charge in [0.15, 0.2) is 5.60 Å².